The molecule has 0 spiro atoms. The van der Waals surface area contributed by atoms with Crippen molar-refractivity contribution in [2.45, 2.75) is 24.9 Å². The molecule has 1 heterocycles. The van der Waals surface area contributed by atoms with E-state index in [-0.39, 0.29) is 11.1 Å². The van der Waals surface area contributed by atoms with Crippen molar-refractivity contribution in [1.29, 1.82) is 5.26 Å². The van der Waals surface area contributed by atoms with Crippen LogP contribution in [0.1, 0.15) is 24.5 Å². The van der Waals surface area contributed by atoms with E-state index in [0.29, 0.717) is 10.9 Å². The van der Waals surface area contributed by atoms with Crippen LogP contribution in [0.15, 0.2) is 34.2 Å². The van der Waals surface area contributed by atoms with Gasteiger partial charge < -0.3 is 4.98 Å². The lowest BCUT2D eigenvalue weighted by molar-refractivity contribution is 0.920. The summed E-state index contributed by atoms with van der Waals surface area (Å²) in [4.78, 5) is 18.8. The highest BCUT2D eigenvalue weighted by molar-refractivity contribution is 7.98. The molecule has 4 nitrogen and oxygen atoms in total. The fourth-order valence-corrected chi connectivity index (χ4v) is 2.36. The van der Waals surface area contributed by atoms with E-state index in [0.717, 1.165) is 18.4 Å². The van der Waals surface area contributed by atoms with E-state index in [4.69, 9.17) is 5.26 Å². The summed E-state index contributed by atoms with van der Waals surface area (Å²) in [5.74, 6) is 0. The molecule has 0 unspecified atom stereocenters. The van der Waals surface area contributed by atoms with Gasteiger partial charge in [0.1, 0.15) is 11.6 Å². The maximum Gasteiger partial charge on any atom is 0.270 e. The Kier molecular flexibility index (Phi) is 4.59. The van der Waals surface area contributed by atoms with Crippen molar-refractivity contribution in [3.05, 3.63) is 45.7 Å². The van der Waals surface area contributed by atoms with Gasteiger partial charge in [-0.15, -0.1) is 0 Å². The zero-order chi connectivity index (χ0) is 14.5. The fraction of sp³-hybridized carbons (Fsp3) is 0.267. The van der Waals surface area contributed by atoms with E-state index in [1.807, 2.05) is 36.6 Å². The molecule has 0 saturated carbocycles. The summed E-state index contributed by atoms with van der Waals surface area (Å²) in [7, 11) is 0. The van der Waals surface area contributed by atoms with Gasteiger partial charge in [0, 0.05) is 5.56 Å². The second-order valence-corrected chi connectivity index (χ2v) is 5.15. The molecule has 0 saturated heterocycles. The van der Waals surface area contributed by atoms with Gasteiger partial charge in [-0.25, -0.2) is 4.98 Å². The number of benzene rings is 1. The van der Waals surface area contributed by atoms with E-state index in [1.54, 1.807) is 0 Å². The van der Waals surface area contributed by atoms with Crippen LogP contribution in [0, 0.1) is 11.3 Å². The van der Waals surface area contributed by atoms with Crippen LogP contribution in [-0.4, -0.2) is 16.2 Å². The van der Waals surface area contributed by atoms with Crippen LogP contribution in [-0.2, 0) is 6.42 Å². The largest absolute Gasteiger partial charge is 0.300 e. The van der Waals surface area contributed by atoms with Crippen molar-refractivity contribution in [2.75, 3.05) is 6.26 Å². The lowest BCUT2D eigenvalue weighted by atomic mass is 10.0. The molecule has 2 aromatic rings. The number of nitrogens with one attached hydrogen (secondary N) is 1. The maximum atomic E-state index is 11.9. The molecular weight excluding hydrogens is 270 g/mol. The Balaban J connectivity index is 2.53. The van der Waals surface area contributed by atoms with Crippen LogP contribution in [0.3, 0.4) is 0 Å². The summed E-state index contributed by atoms with van der Waals surface area (Å²) in [6, 6.07) is 9.80. The number of rotatable bonds is 4. The van der Waals surface area contributed by atoms with Gasteiger partial charge in [0.15, 0.2) is 5.16 Å². The quantitative estimate of drug-likeness (QED) is 0.692. The number of hydrogen-bond acceptors (Lipinski definition) is 4. The van der Waals surface area contributed by atoms with Crippen molar-refractivity contribution < 1.29 is 0 Å². The van der Waals surface area contributed by atoms with Crippen LogP contribution < -0.4 is 5.56 Å². The van der Waals surface area contributed by atoms with Gasteiger partial charge in [0.05, 0.1) is 5.69 Å². The van der Waals surface area contributed by atoms with E-state index in [2.05, 4.69) is 16.9 Å². The van der Waals surface area contributed by atoms with Gasteiger partial charge in [-0.05, 0) is 18.2 Å². The molecule has 0 atom stereocenters. The first-order valence-corrected chi connectivity index (χ1v) is 7.59. The average molecular weight is 285 g/mol. The molecule has 1 aromatic heterocycles. The van der Waals surface area contributed by atoms with Crippen LogP contribution >= 0.6 is 11.8 Å². The Morgan fingerprint density at radius 1 is 1.35 bits per heavy atom. The Bertz CT molecular complexity index is 699. The summed E-state index contributed by atoms with van der Waals surface area (Å²) in [5.41, 5.74) is 2.15. The number of nitrogens with zero attached hydrogens (tertiary/aromatic N) is 2. The molecule has 0 bridgehead atoms. The molecular formula is C15H15N3OS. The summed E-state index contributed by atoms with van der Waals surface area (Å²) in [6.07, 6.45) is 3.94. The van der Waals surface area contributed by atoms with Gasteiger partial charge in [-0.3, -0.25) is 4.79 Å². The third kappa shape index (κ3) is 2.91. The van der Waals surface area contributed by atoms with Gasteiger partial charge >= 0.3 is 0 Å². The zero-order valence-corrected chi connectivity index (χ0v) is 12.3. The summed E-state index contributed by atoms with van der Waals surface area (Å²) >= 11 is 1.35. The highest BCUT2D eigenvalue weighted by Gasteiger charge is 2.12. The lowest BCUT2D eigenvalue weighted by Crippen LogP contribution is -2.14. The third-order valence-corrected chi connectivity index (χ3v) is 3.55. The molecule has 5 heteroatoms. The van der Waals surface area contributed by atoms with Crippen molar-refractivity contribution in [2.24, 2.45) is 0 Å². The van der Waals surface area contributed by atoms with Crippen LogP contribution in [0.25, 0.3) is 11.3 Å². The van der Waals surface area contributed by atoms with E-state index in [1.165, 1.54) is 17.3 Å². The molecule has 0 aliphatic heterocycles. The zero-order valence-electron chi connectivity index (χ0n) is 11.4. The number of hydrogen-bond donors (Lipinski definition) is 1. The minimum Gasteiger partial charge on any atom is -0.300 e. The van der Waals surface area contributed by atoms with E-state index in [9.17, 15) is 4.79 Å². The Hall–Kier alpha value is -2.06. The first-order chi connectivity index (χ1) is 9.69. The number of aromatic amines is 1. The van der Waals surface area contributed by atoms with Crippen LogP contribution in [0.5, 0.6) is 0 Å². The molecule has 0 fully saturated rings. The first-order valence-electron chi connectivity index (χ1n) is 6.37. The second kappa shape index (κ2) is 6.40. The minimum absolute atomic E-state index is 0.0611. The van der Waals surface area contributed by atoms with Crippen molar-refractivity contribution in [1.82, 2.24) is 9.97 Å². The van der Waals surface area contributed by atoms with Gasteiger partial charge in [0.2, 0.25) is 0 Å². The van der Waals surface area contributed by atoms with Crippen molar-refractivity contribution in [3.63, 3.8) is 0 Å². The number of aromatic nitrogens is 2. The van der Waals surface area contributed by atoms with Crippen molar-refractivity contribution >= 4 is 11.8 Å². The highest BCUT2D eigenvalue weighted by atomic mass is 32.2. The van der Waals surface area contributed by atoms with Gasteiger partial charge in [0.25, 0.3) is 5.56 Å². The highest BCUT2D eigenvalue weighted by Crippen LogP contribution is 2.21. The number of nitriles is 1. The smallest absolute Gasteiger partial charge is 0.270 e. The molecule has 2 rings (SSSR count). The normalized spacial score (nSPS) is 10.2. The molecule has 0 aliphatic carbocycles. The van der Waals surface area contributed by atoms with E-state index >= 15 is 0 Å². The monoisotopic (exact) mass is 285 g/mol. The SMILES string of the molecule is CCCc1ccc(-c2nc(SC)[nH]c(=O)c2C#N)cc1. The van der Waals surface area contributed by atoms with E-state index < -0.39 is 0 Å². The van der Waals surface area contributed by atoms with Gasteiger partial charge in [-0.2, -0.15) is 5.26 Å². The molecule has 1 N–H and O–H groups in total. The fourth-order valence-electron chi connectivity index (χ4n) is 1.98. The molecule has 1 aromatic carbocycles. The lowest BCUT2D eigenvalue weighted by Gasteiger charge is -2.06. The maximum absolute atomic E-state index is 11.9. The standard InChI is InChI=1S/C15H15N3OS/c1-3-4-10-5-7-11(8-6-10)13-12(9-16)14(19)18-15(17-13)20-2/h5-8H,3-4H2,1-2H3,(H,17,18,19). The predicted octanol–water partition coefficient (Wildman–Crippen LogP) is 2.98. The summed E-state index contributed by atoms with van der Waals surface area (Å²) in [5, 5.41) is 9.66. The topological polar surface area (TPSA) is 69.5 Å². The number of aryl methyl sites for hydroxylation is 1. The predicted molar refractivity (Wildman–Crippen MR) is 80.8 cm³/mol. The second-order valence-electron chi connectivity index (χ2n) is 4.36. The van der Waals surface area contributed by atoms with Crippen molar-refractivity contribution in [3.8, 4) is 17.3 Å². The molecule has 0 aliphatic rings. The molecule has 102 valence electrons. The molecule has 0 amide bonds. The minimum atomic E-state index is -0.389. The Morgan fingerprint density at radius 3 is 2.60 bits per heavy atom. The Labute approximate surface area is 121 Å². The van der Waals surface area contributed by atoms with Gasteiger partial charge in [-0.1, -0.05) is 49.4 Å². The molecule has 20 heavy (non-hydrogen) atoms. The first kappa shape index (κ1) is 14.4. The summed E-state index contributed by atoms with van der Waals surface area (Å²) in [6.45, 7) is 2.13. The van der Waals surface area contributed by atoms with Crippen LogP contribution in [0.2, 0.25) is 0 Å². The third-order valence-electron chi connectivity index (χ3n) is 2.97. The Morgan fingerprint density at radius 2 is 2.05 bits per heavy atom. The molecule has 0 radical (unpaired) electrons. The van der Waals surface area contributed by atoms with Crippen LogP contribution in [0.4, 0.5) is 0 Å². The average Bonchev–Trinajstić information content (AvgIpc) is 2.47. The number of thioether (sulfide) groups is 1. The summed E-state index contributed by atoms with van der Waals surface area (Å²) < 4.78 is 0. The number of H-pyrrole nitrogens is 1.